The largest absolute Gasteiger partial charge is 0.501 e. The zero-order chi connectivity index (χ0) is 9.68. The van der Waals surface area contributed by atoms with E-state index in [1.54, 1.807) is 0 Å². The van der Waals surface area contributed by atoms with Crippen LogP contribution >= 0.6 is 0 Å². The summed E-state index contributed by atoms with van der Waals surface area (Å²) in [5, 5.41) is 0. The van der Waals surface area contributed by atoms with Gasteiger partial charge in [0.2, 0.25) is 5.95 Å². The van der Waals surface area contributed by atoms with E-state index in [0.717, 1.165) is 12.1 Å². The molecule has 4 heteroatoms. The Morgan fingerprint density at radius 2 is 2.23 bits per heavy atom. The molecule has 0 aliphatic carbocycles. The van der Waals surface area contributed by atoms with Gasteiger partial charge in [0, 0.05) is 6.07 Å². The predicted octanol–water partition coefficient (Wildman–Crippen LogP) is 2.37. The summed E-state index contributed by atoms with van der Waals surface area (Å²) < 4.78 is 29.9. The van der Waals surface area contributed by atoms with E-state index in [0.29, 0.717) is 6.61 Å². The lowest BCUT2D eigenvalue weighted by molar-refractivity contribution is 0.272. The third-order valence-corrected chi connectivity index (χ3v) is 1.28. The molecule has 1 aromatic rings. The first-order valence-corrected chi connectivity index (χ1v) is 3.83. The molecule has 13 heavy (non-hydrogen) atoms. The lowest BCUT2D eigenvalue weighted by Crippen LogP contribution is -1.89. The van der Waals surface area contributed by atoms with Gasteiger partial charge in [0.05, 0.1) is 18.6 Å². The van der Waals surface area contributed by atoms with Crippen molar-refractivity contribution >= 4 is 6.08 Å². The van der Waals surface area contributed by atoms with Crippen LogP contribution in [0.4, 0.5) is 8.78 Å². The van der Waals surface area contributed by atoms with Gasteiger partial charge in [0.1, 0.15) is 5.82 Å². The second-order valence-corrected chi connectivity index (χ2v) is 2.29. The Hall–Kier alpha value is -1.45. The van der Waals surface area contributed by atoms with Gasteiger partial charge >= 0.3 is 0 Å². The minimum absolute atomic E-state index is 0.200. The fraction of sp³-hybridized carbons (Fsp3) is 0.222. The van der Waals surface area contributed by atoms with E-state index >= 15 is 0 Å². The van der Waals surface area contributed by atoms with Crippen molar-refractivity contribution in [3.05, 3.63) is 35.9 Å². The van der Waals surface area contributed by atoms with Gasteiger partial charge in [-0.15, -0.1) is 0 Å². The Labute approximate surface area is 74.9 Å². The van der Waals surface area contributed by atoms with Crippen molar-refractivity contribution < 1.29 is 13.5 Å². The summed E-state index contributed by atoms with van der Waals surface area (Å²) in [6.45, 7) is 2.32. The van der Waals surface area contributed by atoms with Crippen LogP contribution in [0.2, 0.25) is 0 Å². The zero-order valence-electron chi connectivity index (χ0n) is 7.13. The molecule has 1 heterocycles. The number of aromatic nitrogens is 1. The molecule has 0 bridgehead atoms. The molecule has 0 aliphatic rings. The molecule has 1 rings (SSSR count). The molecule has 0 amide bonds. The molecule has 1 aromatic heterocycles. The van der Waals surface area contributed by atoms with E-state index < -0.39 is 11.8 Å². The predicted molar refractivity (Wildman–Crippen MR) is 44.8 cm³/mol. The first kappa shape index (κ1) is 9.64. The van der Waals surface area contributed by atoms with Gasteiger partial charge in [-0.2, -0.15) is 4.39 Å². The fourth-order valence-corrected chi connectivity index (χ4v) is 0.784. The van der Waals surface area contributed by atoms with Crippen molar-refractivity contribution in [2.45, 2.75) is 6.92 Å². The van der Waals surface area contributed by atoms with Crippen LogP contribution in [0, 0.1) is 11.8 Å². The highest BCUT2D eigenvalue weighted by atomic mass is 19.1. The molecule has 0 saturated carbocycles. The number of nitrogens with zero attached hydrogens (tertiary/aromatic N) is 1. The van der Waals surface area contributed by atoms with Crippen molar-refractivity contribution in [2.75, 3.05) is 6.61 Å². The van der Waals surface area contributed by atoms with Crippen molar-refractivity contribution in [2.24, 2.45) is 0 Å². The number of halogens is 2. The highest BCUT2D eigenvalue weighted by Gasteiger charge is 1.98. The lowest BCUT2D eigenvalue weighted by atomic mass is 10.3. The first-order valence-electron chi connectivity index (χ1n) is 3.83. The SMILES string of the molecule is CCO/C=C/c1cc(F)cc(F)n1. The summed E-state index contributed by atoms with van der Waals surface area (Å²) in [5.74, 6) is -1.49. The maximum Gasteiger partial charge on any atom is 0.216 e. The monoisotopic (exact) mass is 185 g/mol. The zero-order valence-corrected chi connectivity index (χ0v) is 7.13. The standard InChI is InChI=1S/C9H9F2NO/c1-2-13-4-3-8-5-7(10)6-9(11)12-8/h3-6H,2H2,1H3/b4-3+. The quantitative estimate of drug-likeness (QED) is 0.532. The van der Waals surface area contributed by atoms with Crippen molar-refractivity contribution in [3.8, 4) is 0 Å². The molecular formula is C9H9F2NO. The first-order chi connectivity index (χ1) is 6.22. The van der Waals surface area contributed by atoms with Crippen LogP contribution in [0.25, 0.3) is 6.08 Å². The number of rotatable bonds is 3. The van der Waals surface area contributed by atoms with E-state index in [4.69, 9.17) is 4.74 Å². The Balaban J connectivity index is 2.77. The van der Waals surface area contributed by atoms with Crippen molar-refractivity contribution in [3.63, 3.8) is 0 Å². The minimum Gasteiger partial charge on any atom is -0.501 e. The molecule has 2 nitrogen and oxygen atoms in total. The summed E-state index contributed by atoms with van der Waals surface area (Å²) >= 11 is 0. The minimum atomic E-state index is -0.837. The van der Waals surface area contributed by atoms with Crippen LogP contribution in [0.3, 0.4) is 0 Å². The van der Waals surface area contributed by atoms with E-state index in [9.17, 15) is 8.78 Å². The third kappa shape index (κ3) is 3.19. The van der Waals surface area contributed by atoms with Crippen LogP contribution < -0.4 is 0 Å². The van der Waals surface area contributed by atoms with Gasteiger partial charge in [-0.25, -0.2) is 9.37 Å². The molecule has 0 atom stereocenters. The maximum atomic E-state index is 12.6. The summed E-state index contributed by atoms with van der Waals surface area (Å²) in [7, 11) is 0. The number of hydrogen-bond acceptors (Lipinski definition) is 2. The van der Waals surface area contributed by atoms with Crippen LogP contribution in [0.15, 0.2) is 18.4 Å². The van der Waals surface area contributed by atoms with E-state index in [2.05, 4.69) is 4.98 Å². The third-order valence-electron chi connectivity index (χ3n) is 1.28. The molecule has 0 N–H and O–H groups in total. The van der Waals surface area contributed by atoms with Gasteiger partial charge in [-0.05, 0) is 19.1 Å². The van der Waals surface area contributed by atoms with Crippen LogP contribution in [-0.2, 0) is 4.74 Å². The fourth-order valence-electron chi connectivity index (χ4n) is 0.784. The molecule has 70 valence electrons. The second kappa shape index (κ2) is 4.54. The van der Waals surface area contributed by atoms with Gasteiger partial charge < -0.3 is 4.74 Å². The smallest absolute Gasteiger partial charge is 0.216 e. The van der Waals surface area contributed by atoms with Crippen molar-refractivity contribution in [1.82, 2.24) is 4.98 Å². The Morgan fingerprint density at radius 3 is 2.85 bits per heavy atom. The highest BCUT2D eigenvalue weighted by Crippen LogP contribution is 2.04. The number of ether oxygens (including phenoxy) is 1. The summed E-state index contributed by atoms with van der Waals surface area (Å²) in [5.41, 5.74) is 0.200. The van der Waals surface area contributed by atoms with Crippen LogP contribution in [-0.4, -0.2) is 11.6 Å². The molecule has 0 aliphatic heterocycles. The summed E-state index contributed by atoms with van der Waals surface area (Å²) in [4.78, 5) is 3.43. The molecule has 0 unspecified atom stereocenters. The topological polar surface area (TPSA) is 22.1 Å². The maximum absolute atomic E-state index is 12.6. The van der Waals surface area contributed by atoms with Gasteiger partial charge in [0.15, 0.2) is 0 Å². The summed E-state index contributed by atoms with van der Waals surface area (Å²) in [6.07, 6.45) is 2.75. The van der Waals surface area contributed by atoms with Gasteiger partial charge in [-0.3, -0.25) is 0 Å². The Kier molecular flexibility index (Phi) is 3.37. The number of hydrogen-bond donors (Lipinski definition) is 0. The molecule has 0 spiro atoms. The molecular weight excluding hydrogens is 176 g/mol. The van der Waals surface area contributed by atoms with Gasteiger partial charge in [0.25, 0.3) is 0 Å². The number of pyridine rings is 1. The average Bonchev–Trinajstić information content (AvgIpc) is 2.03. The highest BCUT2D eigenvalue weighted by molar-refractivity contribution is 5.42. The van der Waals surface area contributed by atoms with E-state index in [1.165, 1.54) is 12.3 Å². The lowest BCUT2D eigenvalue weighted by Gasteiger charge is -1.95. The molecule has 0 fully saturated rings. The summed E-state index contributed by atoms with van der Waals surface area (Å²) in [6, 6.07) is 1.84. The van der Waals surface area contributed by atoms with E-state index in [1.807, 2.05) is 6.92 Å². The van der Waals surface area contributed by atoms with E-state index in [-0.39, 0.29) is 5.69 Å². The molecule has 0 aromatic carbocycles. The molecule has 0 saturated heterocycles. The van der Waals surface area contributed by atoms with Crippen molar-refractivity contribution in [1.29, 1.82) is 0 Å². The normalized spacial score (nSPS) is 10.7. The Morgan fingerprint density at radius 1 is 1.46 bits per heavy atom. The van der Waals surface area contributed by atoms with Crippen LogP contribution in [0.5, 0.6) is 0 Å². The average molecular weight is 185 g/mol. The van der Waals surface area contributed by atoms with Gasteiger partial charge in [-0.1, -0.05) is 0 Å². The Bertz CT molecular complexity index is 292. The second-order valence-electron chi connectivity index (χ2n) is 2.29. The van der Waals surface area contributed by atoms with Crippen LogP contribution in [0.1, 0.15) is 12.6 Å². The molecule has 0 radical (unpaired) electrons.